The van der Waals surface area contributed by atoms with Gasteiger partial charge in [-0.25, -0.2) is 0 Å². The molecular weight excluding hydrogens is 124 g/mol. The first-order chi connectivity index (χ1) is 3.66. The maximum atomic E-state index is 10.3. The quantitative estimate of drug-likeness (QED) is 0.526. The monoisotopic (exact) mass is 130 g/mol. The number of hydrogen-bond acceptors (Lipinski definition) is 1. The van der Waals surface area contributed by atoms with Gasteiger partial charge < -0.3 is 0 Å². The van der Waals surface area contributed by atoms with Crippen LogP contribution in [0.5, 0.6) is 0 Å². The van der Waals surface area contributed by atoms with E-state index in [2.05, 4.69) is 13.8 Å². The van der Waals surface area contributed by atoms with E-state index >= 15 is 0 Å². The van der Waals surface area contributed by atoms with Gasteiger partial charge >= 0.3 is 0 Å². The maximum Gasteiger partial charge on any atom is 0.151 e. The standard InChI is InChI=1S/C6H7ClO/c1-5(2)3-6(8)4-7/h3H,1-2,4H2. The highest BCUT2D eigenvalue weighted by molar-refractivity contribution is 6.29. The van der Waals surface area contributed by atoms with Crippen molar-refractivity contribution in [3.8, 4) is 0 Å². The predicted octanol–water partition coefficient (Wildman–Crippen LogP) is 1.24. The van der Waals surface area contributed by atoms with Crippen molar-refractivity contribution in [2.45, 2.75) is 0 Å². The molecule has 0 aromatic carbocycles. The molecule has 0 aromatic rings. The summed E-state index contributed by atoms with van der Waals surface area (Å²) in [6, 6.07) is 0. The summed E-state index contributed by atoms with van der Waals surface area (Å²) in [7, 11) is 0. The van der Waals surface area contributed by atoms with Crippen LogP contribution in [-0.2, 0) is 4.79 Å². The number of Topliss-reactive ketones (excluding diaryl/α,β-unsaturated/α-hetero) is 1. The minimum atomic E-state index is -0.147. The molecule has 2 heteroatoms. The molecule has 0 aromatic heterocycles. The predicted molar refractivity (Wildman–Crippen MR) is 34.0 cm³/mol. The lowest BCUT2D eigenvalue weighted by atomic mass is 10.1. The molecule has 4 radical (unpaired) electrons. The number of hydrogen-bond donors (Lipinski definition) is 0. The van der Waals surface area contributed by atoms with E-state index in [4.69, 9.17) is 11.6 Å². The fourth-order valence-electron chi connectivity index (χ4n) is 0.266. The van der Waals surface area contributed by atoms with Gasteiger partial charge in [-0.3, -0.25) is 4.79 Å². The summed E-state index contributed by atoms with van der Waals surface area (Å²) < 4.78 is 0. The van der Waals surface area contributed by atoms with Crippen LogP contribution in [0.4, 0.5) is 0 Å². The van der Waals surface area contributed by atoms with Gasteiger partial charge in [-0.2, -0.15) is 0 Å². The van der Waals surface area contributed by atoms with Crippen LogP contribution in [0.1, 0.15) is 0 Å². The van der Waals surface area contributed by atoms with Gasteiger partial charge in [-0.1, -0.05) is 0 Å². The Morgan fingerprint density at radius 1 is 1.62 bits per heavy atom. The van der Waals surface area contributed by atoms with Crippen LogP contribution >= 0.6 is 11.6 Å². The first-order valence-electron chi connectivity index (χ1n) is 2.11. The molecule has 8 heavy (non-hydrogen) atoms. The van der Waals surface area contributed by atoms with Crippen LogP contribution in [0.3, 0.4) is 0 Å². The molecule has 0 aliphatic carbocycles. The van der Waals surface area contributed by atoms with E-state index in [1.807, 2.05) is 0 Å². The summed E-state index contributed by atoms with van der Waals surface area (Å²) in [5, 5.41) is 0. The molecule has 0 rings (SSSR count). The highest BCUT2D eigenvalue weighted by Crippen LogP contribution is 1.99. The first kappa shape index (κ1) is 7.96. The van der Waals surface area contributed by atoms with Crippen LogP contribution in [0.2, 0.25) is 0 Å². The lowest BCUT2D eigenvalue weighted by molar-refractivity contribution is -0.113. The van der Waals surface area contributed by atoms with Crippen molar-refractivity contribution in [3.63, 3.8) is 0 Å². The summed E-state index contributed by atoms with van der Waals surface area (Å²) in [6.45, 7) is 6.79. The first-order valence-corrected chi connectivity index (χ1v) is 2.64. The number of carbonyl (C=O) groups excluding carboxylic acids is 1. The Balaban J connectivity index is 3.25. The van der Waals surface area contributed by atoms with Gasteiger partial charge in [0, 0.05) is 6.42 Å². The Bertz CT molecular complexity index is 78.6. The minimum absolute atomic E-state index is 0.00847. The van der Waals surface area contributed by atoms with Gasteiger partial charge in [0.1, 0.15) is 0 Å². The molecule has 1 nitrogen and oxygen atoms in total. The van der Waals surface area contributed by atoms with Crippen molar-refractivity contribution >= 4 is 17.4 Å². The Kier molecular flexibility index (Phi) is 3.88. The molecular formula is C6H7ClO. The third kappa shape index (κ3) is 4.13. The van der Waals surface area contributed by atoms with Gasteiger partial charge in [0.05, 0.1) is 5.88 Å². The van der Waals surface area contributed by atoms with E-state index in [1.165, 1.54) is 6.42 Å². The van der Waals surface area contributed by atoms with Crippen LogP contribution in [0, 0.1) is 26.2 Å². The van der Waals surface area contributed by atoms with Gasteiger partial charge in [-0.15, -0.1) is 11.6 Å². The van der Waals surface area contributed by atoms with Crippen LogP contribution in [0.25, 0.3) is 0 Å². The van der Waals surface area contributed by atoms with Crippen LogP contribution in [-0.4, -0.2) is 11.7 Å². The summed E-state index contributed by atoms with van der Waals surface area (Å²) in [5.41, 5.74) is 0. The number of alkyl halides is 1. The molecule has 0 bridgehead atoms. The molecule has 0 saturated heterocycles. The van der Waals surface area contributed by atoms with Crippen LogP contribution in [0.15, 0.2) is 0 Å². The summed E-state index contributed by atoms with van der Waals surface area (Å²) in [4.78, 5) is 10.3. The lowest BCUT2D eigenvalue weighted by Crippen LogP contribution is -2.03. The van der Waals surface area contributed by atoms with Gasteiger partial charge in [0.25, 0.3) is 0 Å². The van der Waals surface area contributed by atoms with Crippen molar-refractivity contribution in [2.24, 2.45) is 0 Å². The largest absolute Gasteiger partial charge is 0.298 e. The Labute approximate surface area is 55.0 Å². The van der Waals surface area contributed by atoms with Crippen molar-refractivity contribution in [2.75, 3.05) is 5.88 Å². The zero-order chi connectivity index (χ0) is 6.57. The molecule has 0 heterocycles. The molecule has 0 aliphatic rings. The number of ketones is 1. The number of rotatable bonds is 3. The van der Waals surface area contributed by atoms with E-state index in [9.17, 15) is 4.79 Å². The van der Waals surface area contributed by atoms with E-state index < -0.39 is 0 Å². The molecule has 0 aliphatic heterocycles. The zero-order valence-electron chi connectivity index (χ0n) is 4.48. The summed E-state index contributed by atoms with van der Waals surface area (Å²) >= 11 is 5.15. The molecule has 0 atom stereocenters. The normalized spacial score (nSPS) is 10.0. The van der Waals surface area contributed by atoms with Crippen molar-refractivity contribution < 1.29 is 4.79 Å². The van der Waals surface area contributed by atoms with Gasteiger partial charge in [0.15, 0.2) is 5.78 Å². The summed E-state index contributed by atoms with van der Waals surface area (Å²) in [5.74, 6) is 0.358. The van der Waals surface area contributed by atoms with E-state index in [1.54, 1.807) is 0 Å². The minimum Gasteiger partial charge on any atom is -0.298 e. The second-order valence-corrected chi connectivity index (χ2v) is 1.67. The van der Waals surface area contributed by atoms with Gasteiger partial charge in [0.2, 0.25) is 0 Å². The average molecular weight is 131 g/mol. The Hall–Kier alpha value is -0.0400. The molecule has 44 valence electrons. The van der Waals surface area contributed by atoms with Crippen molar-refractivity contribution in [1.29, 1.82) is 0 Å². The second kappa shape index (κ2) is 3.90. The third-order valence-electron chi connectivity index (χ3n) is 0.497. The Morgan fingerprint density at radius 3 is 2.25 bits per heavy atom. The smallest absolute Gasteiger partial charge is 0.151 e. The number of carbonyl (C=O) groups is 1. The number of halogens is 1. The highest BCUT2D eigenvalue weighted by atomic mass is 35.5. The van der Waals surface area contributed by atoms with Gasteiger partial charge in [-0.05, 0) is 19.8 Å². The fourth-order valence-corrected chi connectivity index (χ4v) is 0.343. The second-order valence-electron chi connectivity index (χ2n) is 1.40. The molecule has 0 unspecified atom stereocenters. The molecule has 0 saturated carbocycles. The molecule has 0 spiro atoms. The molecule has 0 fully saturated rings. The Morgan fingerprint density at radius 2 is 2.12 bits per heavy atom. The SMILES string of the molecule is [CH2][C]([CH2])[CH]C(=O)CCl. The third-order valence-corrected chi connectivity index (χ3v) is 0.760. The topological polar surface area (TPSA) is 17.1 Å². The lowest BCUT2D eigenvalue weighted by Gasteiger charge is -1.96. The average Bonchev–Trinajstić information content (AvgIpc) is 1.65. The molecule has 0 amide bonds. The van der Waals surface area contributed by atoms with E-state index in [0.717, 1.165) is 0 Å². The van der Waals surface area contributed by atoms with Crippen molar-refractivity contribution in [1.82, 2.24) is 0 Å². The van der Waals surface area contributed by atoms with Crippen LogP contribution < -0.4 is 0 Å². The zero-order valence-corrected chi connectivity index (χ0v) is 5.24. The fraction of sp³-hybridized carbons (Fsp3) is 0.167. The van der Waals surface area contributed by atoms with E-state index in [0.29, 0.717) is 5.92 Å². The highest BCUT2D eigenvalue weighted by Gasteiger charge is 2.02. The maximum absolute atomic E-state index is 10.3. The molecule has 0 N–H and O–H groups in total. The van der Waals surface area contributed by atoms with E-state index in [-0.39, 0.29) is 11.7 Å². The summed E-state index contributed by atoms with van der Waals surface area (Å²) in [6.07, 6.45) is 1.31. The van der Waals surface area contributed by atoms with Crippen molar-refractivity contribution in [3.05, 3.63) is 26.2 Å².